The number of hydrogen-bond acceptors (Lipinski definition) is 4. The summed E-state index contributed by atoms with van der Waals surface area (Å²) in [6.45, 7) is 0.403. The Morgan fingerprint density at radius 2 is 1.92 bits per heavy atom. The molecule has 1 saturated heterocycles. The highest BCUT2D eigenvalue weighted by atomic mass is 32.2. The van der Waals surface area contributed by atoms with E-state index in [1.807, 2.05) is 24.3 Å². The molecule has 3 aliphatic rings. The fraction of sp³-hybridized carbons (Fsp3) is 0.500. The van der Waals surface area contributed by atoms with Crippen LogP contribution in [-0.2, 0) is 9.59 Å². The molecule has 1 saturated carbocycles. The number of fused-ring (bicyclic) bond motifs is 1. The van der Waals surface area contributed by atoms with Crippen LogP contribution < -0.4 is 10.2 Å². The van der Waals surface area contributed by atoms with Crippen molar-refractivity contribution in [3.63, 3.8) is 0 Å². The molecule has 2 fully saturated rings. The quantitative estimate of drug-likeness (QED) is 0.823. The molecule has 0 radical (unpaired) electrons. The molecule has 4 rings (SSSR count). The number of thioether (sulfide) groups is 1. The van der Waals surface area contributed by atoms with Crippen molar-refractivity contribution in [2.24, 2.45) is 0 Å². The standard InChI is InChI=1S/C18H21N3O3S/c22-15(20-10-11-25-14-7-3-2-6-13(14)20)12-21-16(23)18(19-17(21)24)8-4-1-5-9-18/h2-3,6-7H,1,4-5,8-12H2,(H,19,24). The van der Waals surface area contributed by atoms with Crippen molar-refractivity contribution in [3.05, 3.63) is 24.3 Å². The van der Waals surface area contributed by atoms with E-state index in [1.54, 1.807) is 16.7 Å². The lowest BCUT2D eigenvalue weighted by molar-refractivity contribution is -0.135. The minimum Gasteiger partial charge on any atom is -0.323 e. The van der Waals surface area contributed by atoms with Crippen molar-refractivity contribution in [2.45, 2.75) is 42.5 Å². The van der Waals surface area contributed by atoms with E-state index in [-0.39, 0.29) is 18.4 Å². The van der Waals surface area contributed by atoms with Gasteiger partial charge in [0.1, 0.15) is 12.1 Å². The van der Waals surface area contributed by atoms with Crippen molar-refractivity contribution in [3.8, 4) is 0 Å². The Morgan fingerprint density at radius 3 is 2.72 bits per heavy atom. The van der Waals surface area contributed by atoms with E-state index in [4.69, 9.17) is 0 Å². The van der Waals surface area contributed by atoms with Crippen LogP contribution >= 0.6 is 11.8 Å². The van der Waals surface area contributed by atoms with Gasteiger partial charge in [0, 0.05) is 17.2 Å². The SMILES string of the molecule is O=C1NC2(CCCCC2)C(=O)N1CC(=O)N1CCSc2ccccc21. The number of amides is 4. The van der Waals surface area contributed by atoms with Gasteiger partial charge in [-0.25, -0.2) is 4.79 Å². The van der Waals surface area contributed by atoms with Gasteiger partial charge in [-0.1, -0.05) is 31.4 Å². The molecule has 0 bridgehead atoms. The molecule has 1 aliphatic carbocycles. The Labute approximate surface area is 150 Å². The molecule has 2 aliphatic heterocycles. The van der Waals surface area contributed by atoms with Crippen LogP contribution in [0.3, 0.4) is 0 Å². The Kier molecular flexibility index (Phi) is 4.19. The van der Waals surface area contributed by atoms with Crippen LogP contribution in [0, 0.1) is 0 Å². The largest absolute Gasteiger partial charge is 0.325 e. The molecule has 2 heterocycles. The summed E-state index contributed by atoms with van der Waals surface area (Å²) in [6, 6.07) is 7.32. The third-order valence-electron chi connectivity index (χ3n) is 5.28. The fourth-order valence-electron chi connectivity index (χ4n) is 3.96. The van der Waals surface area contributed by atoms with E-state index in [9.17, 15) is 14.4 Å². The van der Waals surface area contributed by atoms with Gasteiger partial charge in [-0.2, -0.15) is 0 Å². The molecular formula is C18H21N3O3S. The second-order valence-electron chi connectivity index (χ2n) is 6.83. The van der Waals surface area contributed by atoms with Crippen LogP contribution in [0.1, 0.15) is 32.1 Å². The Hall–Kier alpha value is -2.02. The summed E-state index contributed by atoms with van der Waals surface area (Å²) in [6.07, 6.45) is 4.30. The zero-order chi connectivity index (χ0) is 17.4. The maximum atomic E-state index is 12.8. The van der Waals surface area contributed by atoms with Gasteiger partial charge in [-0.05, 0) is 25.0 Å². The summed E-state index contributed by atoms with van der Waals surface area (Å²) < 4.78 is 0. The molecule has 0 atom stereocenters. The van der Waals surface area contributed by atoms with E-state index in [1.165, 1.54) is 0 Å². The smallest absolute Gasteiger partial charge is 0.323 e. The molecule has 132 valence electrons. The predicted molar refractivity (Wildman–Crippen MR) is 95.6 cm³/mol. The maximum Gasteiger partial charge on any atom is 0.325 e. The molecule has 0 unspecified atom stereocenters. The number of urea groups is 1. The van der Waals surface area contributed by atoms with Gasteiger partial charge in [0.2, 0.25) is 5.91 Å². The number of imide groups is 1. The van der Waals surface area contributed by atoms with Gasteiger partial charge in [0.15, 0.2) is 0 Å². The topological polar surface area (TPSA) is 69.7 Å². The van der Waals surface area contributed by atoms with Crippen LogP contribution in [0.2, 0.25) is 0 Å². The lowest BCUT2D eigenvalue weighted by Gasteiger charge is -2.31. The average Bonchev–Trinajstić information content (AvgIpc) is 2.86. The first-order valence-electron chi connectivity index (χ1n) is 8.77. The molecular weight excluding hydrogens is 338 g/mol. The second kappa shape index (κ2) is 6.37. The van der Waals surface area contributed by atoms with Crippen LogP contribution in [0.15, 0.2) is 29.2 Å². The number of para-hydroxylation sites is 1. The normalized spacial score (nSPS) is 22.1. The monoisotopic (exact) mass is 359 g/mol. The predicted octanol–water partition coefficient (Wildman–Crippen LogP) is 2.38. The van der Waals surface area contributed by atoms with Crippen LogP contribution in [-0.4, -0.2) is 47.1 Å². The van der Waals surface area contributed by atoms with E-state index < -0.39 is 11.6 Å². The van der Waals surface area contributed by atoms with Crippen LogP contribution in [0.25, 0.3) is 0 Å². The number of rotatable bonds is 2. The number of nitrogens with zero attached hydrogens (tertiary/aromatic N) is 2. The molecule has 0 aromatic heterocycles. The highest BCUT2D eigenvalue weighted by molar-refractivity contribution is 7.99. The molecule has 4 amide bonds. The first kappa shape index (κ1) is 16.4. The minimum atomic E-state index is -0.773. The third kappa shape index (κ3) is 2.80. The average molecular weight is 359 g/mol. The summed E-state index contributed by atoms with van der Waals surface area (Å²) in [5, 5.41) is 2.86. The van der Waals surface area contributed by atoms with Crippen molar-refractivity contribution in [2.75, 3.05) is 23.7 Å². The maximum absolute atomic E-state index is 12.8. The molecule has 1 aromatic rings. The van der Waals surface area contributed by atoms with Crippen molar-refractivity contribution in [1.82, 2.24) is 10.2 Å². The van der Waals surface area contributed by atoms with E-state index >= 15 is 0 Å². The zero-order valence-electron chi connectivity index (χ0n) is 14.0. The number of hydrogen-bond donors (Lipinski definition) is 1. The first-order valence-corrected chi connectivity index (χ1v) is 9.76. The number of benzene rings is 1. The van der Waals surface area contributed by atoms with Gasteiger partial charge >= 0.3 is 6.03 Å². The number of carbonyl (C=O) groups is 3. The second-order valence-corrected chi connectivity index (χ2v) is 7.96. The molecule has 1 N–H and O–H groups in total. The molecule has 1 spiro atoms. The van der Waals surface area contributed by atoms with Crippen molar-refractivity contribution >= 4 is 35.3 Å². The van der Waals surface area contributed by atoms with Gasteiger partial charge in [0.05, 0.1) is 5.69 Å². The first-order chi connectivity index (χ1) is 12.1. The summed E-state index contributed by atoms with van der Waals surface area (Å²) in [4.78, 5) is 41.8. The van der Waals surface area contributed by atoms with E-state index in [0.29, 0.717) is 19.4 Å². The molecule has 7 heteroatoms. The third-order valence-corrected chi connectivity index (χ3v) is 6.32. The highest BCUT2D eigenvalue weighted by Gasteiger charge is 2.51. The van der Waals surface area contributed by atoms with E-state index in [0.717, 1.165) is 40.5 Å². The van der Waals surface area contributed by atoms with Crippen molar-refractivity contribution < 1.29 is 14.4 Å². The molecule has 6 nitrogen and oxygen atoms in total. The zero-order valence-corrected chi connectivity index (χ0v) is 14.8. The summed E-state index contributed by atoms with van der Waals surface area (Å²) in [7, 11) is 0. The summed E-state index contributed by atoms with van der Waals surface area (Å²) >= 11 is 1.72. The highest BCUT2D eigenvalue weighted by Crippen LogP contribution is 2.36. The minimum absolute atomic E-state index is 0.189. The van der Waals surface area contributed by atoms with Crippen LogP contribution in [0.4, 0.5) is 10.5 Å². The Morgan fingerprint density at radius 1 is 1.16 bits per heavy atom. The van der Waals surface area contributed by atoms with Crippen LogP contribution in [0.5, 0.6) is 0 Å². The van der Waals surface area contributed by atoms with Gasteiger partial charge in [0.25, 0.3) is 5.91 Å². The van der Waals surface area contributed by atoms with Crippen molar-refractivity contribution in [1.29, 1.82) is 0 Å². The van der Waals surface area contributed by atoms with Gasteiger partial charge < -0.3 is 10.2 Å². The number of carbonyl (C=O) groups excluding carboxylic acids is 3. The number of anilines is 1. The summed E-state index contributed by atoms with van der Waals surface area (Å²) in [5.74, 6) is 0.377. The summed E-state index contributed by atoms with van der Waals surface area (Å²) in [5.41, 5.74) is 0.0915. The lowest BCUT2D eigenvalue weighted by atomic mass is 9.82. The fourth-order valence-corrected chi connectivity index (χ4v) is 4.96. The lowest BCUT2D eigenvalue weighted by Crippen LogP contribution is -2.49. The van der Waals surface area contributed by atoms with E-state index in [2.05, 4.69) is 5.32 Å². The van der Waals surface area contributed by atoms with Gasteiger partial charge in [-0.15, -0.1) is 11.8 Å². The molecule has 25 heavy (non-hydrogen) atoms. The Balaban J connectivity index is 1.52. The Bertz CT molecular complexity index is 730. The molecule has 1 aromatic carbocycles. The number of nitrogens with one attached hydrogen (secondary N) is 1. The van der Waals surface area contributed by atoms with Gasteiger partial charge in [-0.3, -0.25) is 14.5 Å².